The van der Waals surface area contributed by atoms with Crippen molar-refractivity contribution >= 4 is 5.97 Å². The Kier molecular flexibility index (Phi) is 1.16. The first-order valence-electron chi connectivity index (χ1n) is 3.87. The molecule has 0 aromatic carbocycles. The number of carbonyl (C=O) groups is 1. The highest BCUT2D eigenvalue weighted by Gasteiger charge is 2.51. The number of aliphatic carboxylic acids is 1. The number of allylic oxidation sites excluding steroid dienone is 1. The zero-order valence-electron chi connectivity index (χ0n) is 6.21. The molecule has 3 nitrogen and oxygen atoms in total. The molecule has 2 unspecified atom stereocenters. The second-order valence-corrected chi connectivity index (χ2v) is 3.43. The summed E-state index contributed by atoms with van der Waals surface area (Å²) < 4.78 is 0. The average molecular weight is 153 g/mol. The molecule has 1 fully saturated rings. The number of hydrogen-bond donors (Lipinski definition) is 2. The van der Waals surface area contributed by atoms with Crippen LogP contribution in [0.5, 0.6) is 0 Å². The van der Waals surface area contributed by atoms with Gasteiger partial charge in [-0.2, -0.15) is 0 Å². The van der Waals surface area contributed by atoms with Crippen LogP contribution in [0.3, 0.4) is 0 Å². The molecule has 0 bridgehead atoms. The molecule has 1 saturated carbocycles. The van der Waals surface area contributed by atoms with Crippen LogP contribution >= 0.6 is 0 Å². The summed E-state index contributed by atoms with van der Waals surface area (Å²) in [6.45, 7) is 0. The molecule has 11 heavy (non-hydrogen) atoms. The van der Waals surface area contributed by atoms with E-state index >= 15 is 0 Å². The van der Waals surface area contributed by atoms with Gasteiger partial charge in [-0.15, -0.1) is 0 Å². The number of carboxylic acids is 1. The maximum atomic E-state index is 10.6. The van der Waals surface area contributed by atoms with Crippen molar-refractivity contribution in [2.75, 3.05) is 0 Å². The number of fused-ring (bicyclic) bond motifs is 1. The Labute approximate surface area is 64.9 Å². The lowest BCUT2D eigenvalue weighted by molar-refractivity contribution is -0.133. The Morgan fingerprint density at radius 2 is 2.55 bits per heavy atom. The zero-order valence-corrected chi connectivity index (χ0v) is 6.21. The van der Waals surface area contributed by atoms with Gasteiger partial charge in [0.1, 0.15) is 0 Å². The topological polar surface area (TPSA) is 63.3 Å². The van der Waals surface area contributed by atoms with E-state index in [1.54, 1.807) is 6.08 Å². The predicted molar refractivity (Wildman–Crippen MR) is 40.0 cm³/mol. The van der Waals surface area contributed by atoms with Gasteiger partial charge in [-0.3, -0.25) is 0 Å². The molecular formula is C8H11NO2. The number of hydrogen-bond acceptors (Lipinski definition) is 2. The minimum absolute atomic E-state index is 0.411. The van der Waals surface area contributed by atoms with Gasteiger partial charge in [-0.05, 0) is 25.2 Å². The van der Waals surface area contributed by atoms with E-state index in [4.69, 9.17) is 10.8 Å². The Morgan fingerprint density at radius 1 is 1.82 bits per heavy atom. The normalized spacial score (nSPS) is 40.8. The first-order chi connectivity index (χ1) is 5.14. The lowest BCUT2D eigenvalue weighted by atomic mass is 9.66. The van der Waals surface area contributed by atoms with E-state index in [0.717, 1.165) is 19.3 Å². The number of nitrogens with two attached hydrogens (primary N) is 1. The van der Waals surface area contributed by atoms with Gasteiger partial charge in [0.2, 0.25) is 0 Å². The molecule has 0 amide bonds. The maximum absolute atomic E-state index is 10.6. The standard InChI is InChI=1S/C8H11NO2/c9-8-4-3-5(8)1-2-6(8)7(10)11/h2,5H,1,3-4,9H2,(H,10,11). The van der Waals surface area contributed by atoms with Crippen LogP contribution in [0, 0.1) is 5.92 Å². The molecule has 0 saturated heterocycles. The fraction of sp³-hybridized carbons (Fsp3) is 0.625. The summed E-state index contributed by atoms with van der Waals surface area (Å²) in [5.41, 5.74) is 5.88. The van der Waals surface area contributed by atoms with Gasteiger partial charge in [0.05, 0.1) is 11.1 Å². The van der Waals surface area contributed by atoms with E-state index in [2.05, 4.69) is 0 Å². The molecule has 60 valence electrons. The van der Waals surface area contributed by atoms with Crippen molar-refractivity contribution in [3.63, 3.8) is 0 Å². The van der Waals surface area contributed by atoms with Crippen molar-refractivity contribution in [3.05, 3.63) is 11.6 Å². The van der Waals surface area contributed by atoms with E-state index in [9.17, 15) is 4.79 Å². The van der Waals surface area contributed by atoms with Crippen LogP contribution in [-0.4, -0.2) is 16.6 Å². The van der Waals surface area contributed by atoms with Crippen molar-refractivity contribution in [2.24, 2.45) is 11.7 Å². The van der Waals surface area contributed by atoms with Crippen LogP contribution in [0.2, 0.25) is 0 Å². The molecule has 0 heterocycles. The highest BCUT2D eigenvalue weighted by Crippen LogP contribution is 2.48. The number of rotatable bonds is 1. The van der Waals surface area contributed by atoms with Gasteiger partial charge >= 0.3 is 5.97 Å². The summed E-state index contributed by atoms with van der Waals surface area (Å²) in [6, 6.07) is 0. The third-order valence-electron chi connectivity index (χ3n) is 2.97. The van der Waals surface area contributed by atoms with Crippen LogP contribution < -0.4 is 5.73 Å². The minimum Gasteiger partial charge on any atom is -0.478 e. The van der Waals surface area contributed by atoms with Crippen LogP contribution in [0.25, 0.3) is 0 Å². The molecule has 0 aliphatic heterocycles. The van der Waals surface area contributed by atoms with E-state index in [1.165, 1.54) is 0 Å². The molecular weight excluding hydrogens is 142 g/mol. The van der Waals surface area contributed by atoms with Crippen molar-refractivity contribution in [1.29, 1.82) is 0 Å². The van der Waals surface area contributed by atoms with E-state index in [0.29, 0.717) is 11.5 Å². The summed E-state index contributed by atoms with van der Waals surface area (Å²) in [5, 5.41) is 8.75. The third kappa shape index (κ3) is 0.688. The monoisotopic (exact) mass is 153 g/mol. The number of carboxylic acid groups (broad SMARTS) is 1. The molecule has 3 heteroatoms. The van der Waals surface area contributed by atoms with Crippen molar-refractivity contribution in [2.45, 2.75) is 24.8 Å². The zero-order chi connectivity index (χ0) is 8.06. The summed E-state index contributed by atoms with van der Waals surface area (Å²) in [5.74, 6) is -0.427. The van der Waals surface area contributed by atoms with Crippen molar-refractivity contribution in [1.82, 2.24) is 0 Å². The molecule has 3 N–H and O–H groups in total. The fourth-order valence-corrected chi connectivity index (χ4v) is 2.08. The fourth-order valence-electron chi connectivity index (χ4n) is 2.08. The molecule has 2 rings (SSSR count). The van der Waals surface area contributed by atoms with Crippen molar-refractivity contribution in [3.8, 4) is 0 Å². The van der Waals surface area contributed by atoms with E-state index < -0.39 is 11.5 Å². The second-order valence-electron chi connectivity index (χ2n) is 3.43. The molecule has 0 spiro atoms. The SMILES string of the molecule is NC12CCC1CC=C2C(=O)O. The van der Waals surface area contributed by atoms with Gasteiger partial charge in [0.25, 0.3) is 0 Å². The molecule has 2 aliphatic rings. The third-order valence-corrected chi connectivity index (χ3v) is 2.97. The quantitative estimate of drug-likeness (QED) is 0.577. The first kappa shape index (κ1) is 6.85. The van der Waals surface area contributed by atoms with Gasteiger partial charge in [0, 0.05) is 0 Å². The first-order valence-corrected chi connectivity index (χ1v) is 3.87. The lowest BCUT2D eigenvalue weighted by Gasteiger charge is -2.42. The lowest BCUT2D eigenvalue weighted by Crippen LogP contribution is -2.55. The summed E-state index contributed by atoms with van der Waals surface area (Å²) >= 11 is 0. The Morgan fingerprint density at radius 3 is 2.82 bits per heavy atom. The maximum Gasteiger partial charge on any atom is 0.333 e. The van der Waals surface area contributed by atoms with Gasteiger partial charge in [-0.25, -0.2) is 4.79 Å². The largest absolute Gasteiger partial charge is 0.478 e. The second kappa shape index (κ2) is 1.85. The summed E-state index contributed by atoms with van der Waals surface area (Å²) in [4.78, 5) is 10.6. The molecule has 2 atom stereocenters. The highest BCUT2D eigenvalue weighted by molar-refractivity contribution is 5.90. The molecule has 0 radical (unpaired) electrons. The van der Waals surface area contributed by atoms with E-state index in [-0.39, 0.29) is 0 Å². The van der Waals surface area contributed by atoms with Gasteiger partial charge in [-0.1, -0.05) is 6.08 Å². The smallest absolute Gasteiger partial charge is 0.333 e. The molecule has 0 aromatic heterocycles. The van der Waals surface area contributed by atoms with E-state index in [1.807, 2.05) is 0 Å². The summed E-state index contributed by atoms with van der Waals surface area (Å²) in [7, 11) is 0. The van der Waals surface area contributed by atoms with Gasteiger partial charge < -0.3 is 10.8 Å². The van der Waals surface area contributed by atoms with Gasteiger partial charge in [0.15, 0.2) is 0 Å². The Hall–Kier alpha value is -0.830. The molecule has 0 aromatic rings. The van der Waals surface area contributed by atoms with Crippen LogP contribution in [0.1, 0.15) is 19.3 Å². The molecule has 2 aliphatic carbocycles. The van der Waals surface area contributed by atoms with Crippen molar-refractivity contribution < 1.29 is 9.90 Å². The minimum atomic E-state index is -0.838. The predicted octanol–water partition coefficient (Wildman–Crippen LogP) is 0.509. The Bertz CT molecular complexity index is 246. The van der Waals surface area contributed by atoms with Crippen LogP contribution in [0.4, 0.5) is 0 Å². The average Bonchev–Trinajstić information content (AvgIpc) is 2.12. The Balaban J connectivity index is 2.29. The highest BCUT2D eigenvalue weighted by atomic mass is 16.4. The van der Waals surface area contributed by atoms with Crippen LogP contribution in [-0.2, 0) is 4.79 Å². The summed E-state index contributed by atoms with van der Waals surface area (Å²) in [6.07, 6.45) is 4.57. The van der Waals surface area contributed by atoms with Crippen LogP contribution in [0.15, 0.2) is 11.6 Å².